The van der Waals surface area contributed by atoms with Crippen LogP contribution < -0.4 is 10.2 Å². The van der Waals surface area contributed by atoms with Gasteiger partial charge in [-0.3, -0.25) is 0 Å². The topological polar surface area (TPSA) is 18.5 Å². The summed E-state index contributed by atoms with van der Waals surface area (Å²) in [5.74, 6) is 0. The molecule has 3 heteroatoms. The predicted molar refractivity (Wildman–Crippen MR) is 78.5 cm³/mol. The monoisotopic (exact) mass is 247 g/mol. The van der Waals surface area contributed by atoms with Gasteiger partial charge in [0.25, 0.3) is 0 Å². The maximum Gasteiger partial charge on any atom is 0.0541 e. The number of rotatable bonds is 3. The molecule has 18 heavy (non-hydrogen) atoms. The maximum absolute atomic E-state index is 3.32. The molecule has 1 aliphatic rings. The van der Waals surface area contributed by atoms with Gasteiger partial charge < -0.3 is 15.1 Å². The first-order chi connectivity index (χ1) is 8.61. The van der Waals surface area contributed by atoms with Crippen LogP contribution in [-0.4, -0.2) is 51.2 Å². The fraction of sp³-hybridized carbons (Fsp3) is 0.600. The molecule has 0 amide bonds. The third kappa shape index (κ3) is 2.85. The first kappa shape index (κ1) is 13.4. The molecule has 3 nitrogen and oxygen atoms in total. The second-order valence-electron chi connectivity index (χ2n) is 5.46. The standard InChI is InChI=1S/C15H25N3/c1-12-5-6-15(13(2)9-12)18-8-7-17(4)11-14(18)10-16-3/h5-6,9,14,16H,7-8,10-11H2,1-4H3. The number of hydrogen-bond acceptors (Lipinski definition) is 3. The van der Waals surface area contributed by atoms with Gasteiger partial charge in [-0.25, -0.2) is 0 Å². The van der Waals surface area contributed by atoms with Crippen molar-refractivity contribution in [2.75, 3.05) is 45.2 Å². The average molecular weight is 247 g/mol. The molecule has 1 atom stereocenters. The minimum Gasteiger partial charge on any atom is -0.364 e. The van der Waals surface area contributed by atoms with Gasteiger partial charge in [0.2, 0.25) is 0 Å². The second-order valence-corrected chi connectivity index (χ2v) is 5.46. The Balaban J connectivity index is 2.23. The molecule has 1 heterocycles. The second kappa shape index (κ2) is 5.72. The lowest BCUT2D eigenvalue weighted by Gasteiger charge is -2.42. The van der Waals surface area contributed by atoms with E-state index >= 15 is 0 Å². The highest BCUT2D eigenvalue weighted by atomic mass is 15.3. The van der Waals surface area contributed by atoms with Crippen molar-refractivity contribution in [1.82, 2.24) is 10.2 Å². The summed E-state index contributed by atoms with van der Waals surface area (Å²) in [4.78, 5) is 4.98. The first-order valence-corrected chi connectivity index (χ1v) is 6.79. The quantitative estimate of drug-likeness (QED) is 0.876. The fourth-order valence-corrected chi connectivity index (χ4v) is 2.87. The molecule has 2 rings (SSSR count). The maximum atomic E-state index is 3.32. The van der Waals surface area contributed by atoms with E-state index in [1.54, 1.807) is 0 Å². The summed E-state index contributed by atoms with van der Waals surface area (Å²) in [6.07, 6.45) is 0. The SMILES string of the molecule is CNCC1CN(C)CCN1c1ccc(C)cc1C. The van der Waals surface area contributed by atoms with Crippen molar-refractivity contribution >= 4 is 5.69 Å². The van der Waals surface area contributed by atoms with Crippen molar-refractivity contribution < 1.29 is 0 Å². The van der Waals surface area contributed by atoms with Gasteiger partial charge in [0, 0.05) is 31.9 Å². The molecule has 1 fully saturated rings. The molecule has 1 N–H and O–H groups in total. The Labute approximate surface area is 111 Å². The van der Waals surface area contributed by atoms with Gasteiger partial charge in [0.05, 0.1) is 6.04 Å². The number of nitrogens with one attached hydrogen (secondary N) is 1. The number of likely N-dealkylation sites (N-methyl/N-ethyl adjacent to an activating group) is 2. The molecule has 1 aromatic carbocycles. The van der Waals surface area contributed by atoms with Gasteiger partial charge in [-0.15, -0.1) is 0 Å². The number of hydrogen-bond donors (Lipinski definition) is 1. The largest absolute Gasteiger partial charge is 0.364 e. The van der Waals surface area contributed by atoms with Crippen LogP contribution in [0, 0.1) is 13.8 Å². The lowest BCUT2D eigenvalue weighted by atomic mass is 10.1. The molecule has 100 valence electrons. The molecule has 0 aromatic heterocycles. The Morgan fingerprint density at radius 2 is 2.06 bits per heavy atom. The van der Waals surface area contributed by atoms with Gasteiger partial charge >= 0.3 is 0 Å². The van der Waals surface area contributed by atoms with Crippen LogP contribution in [0.5, 0.6) is 0 Å². The van der Waals surface area contributed by atoms with E-state index in [4.69, 9.17) is 0 Å². The molecule has 1 aromatic rings. The van der Waals surface area contributed by atoms with E-state index in [2.05, 4.69) is 54.2 Å². The molecule has 1 aliphatic heterocycles. The van der Waals surface area contributed by atoms with E-state index in [0.29, 0.717) is 6.04 Å². The zero-order valence-corrected chi connectivity index (χ0v) is 12.0. The van der Waals surface area contributed by atoms with E-state index in [1.807, 2.05) is 7.05 Å². The molecule has 1 unspecified atom stereocenters. The van der Waals surface area contributed by atoms with Crippen LogP contribution in [-0.2, 0) is 0 Å². The first-order valence-electron chi connectivity index (χ1n) is 6.79. The van der Waals surface area contributed by atoms with Crippen molar-refractivity contribution in [3.63, 3.8) is 0 Å². The summed E-state index contributed by atoms with van der Waals surface area (Å²) in [6, 6.07) is 7.34. The highest BCUT2D eigenvalue weighted by Gasteiger charge is 2.25. The van der Waals surface area contributed by atoms with Gasteiger partial charge in [-0.2, -0.15) is 0 Å². The summed E-state index contributed by atoms with van der Waals surface area (Å²) in [5.41, 5.74) is 4.13. The smallest absolute Gasteiger partial charge is 0.0541 e. The van der Waals surface area contributed by atoms with Crippen LogP contribution in [0.2, 0.25) is 0 Å². The zero-order valence-electron chi connectivity index (χ0n) is 12.0. The lowest BCUT2D eigenvalue weighted by Crippen LogP contribution is -2.55. The third-order valence-electron chi connectivity index (χ3n) is 3.79. The van der Waals surface area contributed by atoms with E-state index in [-0.39, 0.29) is 0 Å². The zero-order chi connectivity index (χ0) is 13.1. The predicted octanol–water partition coefficient (Wildman–Crippen LogP) is 1.64. The fourth-order valence-electron chi connectivity index (χ4n) is 2.87. The van der Waals surface area contributed by atoms with E-state index < -0.39 is 0 Å². The van der Waals surface area contributed by atoms with Gasteiger partial charge in [0.1, 0.15) is 0 Å². The molecule has 0 aliphatic carbocycles. The van der Waals surface area contributed by atoms with Crippen LogP contribution >= 0.6 is 0 Å². The summed E-state index contributed by atoms with van der Waals surface area (Å²) in [6.45, 7) is 8.81. The molecular weight excluding hydrogens is 222 g/mol. The highest BCUT2D eigenvalue weighted by molar-refractivity contribution is 5.55. The molecule has 0 spiro atoms. The number of nitrogens with zero attached hydrogens (tertiary/aromatic N) is 2. The number of aryl methyl sites for hydroxylation is 2. The molecular formula is C15H25N3. The Morgan fingerprint density at radius 1 is 1.28 bits per heavy atom. The third-order valence-corrected chi connectivity index (χ3v) is 3.79. The van der Waals surface area contributed by atoms with Crippen molar-refractivity contribution in [2.24, 2.45) is 0 Å². The van der Waals surface area contributed by atoms with Gasteiger partial charge in [-0.05, 0) is 39.6 Å². The van der Waals surface area contributed by atoms with E-state index in [0.717, 1.165) is 26.2 Å². The van der Waals surface area contributed by atoms with Crippen LogP contribution in [0.4, 0.5) is 5.69 Å². The van der Waals surface area contributed by atoms with Crippen molar-refractivity contribution in [3.05, 3.63) is 29.3 Å². The molecule has 0 bridgehead atoms. The molecule has 1 saturated heterocycles. The lowest BCUT2D eigenvalue weighted by molar-refractivity contribution is 0.265. The van der Waals surface area contributed by atoms with E-state index in [1.165, 1.54) is 16.8 Å². The van der Waals surface area contributed by atoms with Gasteiger partial charge in [-0.1, -0.05) is 17.7 Å². The molecule has 0 radical (unpaired) electrons. The van der Waals surface area contributed by atoms with E-state index in [9.17, 15) is 0 Å². The number of anilines is 1. The van der Waals surface area contributed by atoms with Crippen LogP contribution in [0.1, 0.15) is 11.1 Å². The van der Waals surface area contributed by atoms with Crippen molar-refractivity contribution in [1.29, 1.82) is 0 Å². The van der Waals surface area contributed by atoms with Gasteiger partial charge in [0.15, 0.2) is 0 Å². The Bertz CT molecular complexity index is 403. The summed E-state index contributed by atoms with van der Waals surface area (Å²) in [7, 11) is 4.25. The van der Waals surface area contributed by atoms with Crippen LogP contribution in [0.3, 0.4) is 0 Å². The summed E-state index contributed by atoms with van der Waals surface area (Å²) >= 11 is 0. The average Bonchev–Trinajstić information content (AvgIpc) is 2.31. The highest BCUT2D eigenvalue weighted by Crippen LogP contribution is 2.25. The summed E-state index contributed by atoms with van der Waals surface area (Å²) in [5, 5.41) is 3.32. The van der Waals surface area contributed by atoms with Crippen molar-refractivity contribution in [2.45, 2.75) is 19.9 Å². The minimum atomic E-state index is 0.565. The Morgan fingerprint density at radius 3 is 2.72 bits per heavy atom. The number of piperazine rings is 1. The normalized spacial score (nSPS) is 21.3. The molecule has 0 saturated carbocycles. The Hall–Kier alpha value is -1.06. The van der Waals surface area contributed by atoms with Crippen molar-refractivity contribution in [3.8, 4) is 0 Å². The minimum absolute atomic E-state index is 0.565. The number of benzene rings is 1. The Kier molecular flexibility index (Phi) is 4.25. The van der Waals surface area contributed by atoms with Crippen LogP contribution in [0.25, 0.3) is 0 Å². The van der Waals surface area contributed by atoms with Crippen LogP contribution in [0.15, 0.2) is 18.2 Å². The summed E-state index contributed by atoms with van der Waals surface area (Å²) < 4.78 is 0.